The Labute approximate surface area is 215 Å². The van der Waals surface area contributed by atoms with Gasteiger partial charge in [0.1, 0.15) is 12.4 Å². The number of nitrogens with zero attached hydrogens (tertiary/aromatic N) is 6. The fourth-order valence-electron chi connectivity index (χ4n) is 4.43. The Morgan fingerprint density at radius 1 is 1.14 bits per heavy atom. The summed E-state index contributed by atoms with van der Waals surface area (Å²) in [5, 5.41) is 10.7. The third-order valence-electron chi connectivity index (χ3n) is 6.43. The van der Waals surface area contributed by atoms with E-state index < -0.39 is 0 Å². The van der Waals surface area contributed by atoms with Gasteiger partial charge >= 0.3 is 0 Å². The number of carbonyl (C=O) groups excluding carboxylic acids is 2. The summed E-state index contributed by atoms with van der Waals surface area (Å²) < 4.78 is 7.17. The molecule has 0 saturated carbocycles. The Morgan fingerprint density at radius 2 is 1.95 bits per heavy atom. The van der Waals surface area contributed by atoms with Gasteiger partial charge in [0.2, 0.25) is 0 Å². The number of carbonyl (C=O) groups is 2. The second-order valence-electron chi connectivity index (χ2n) is 9.21. The van der Waals surface area contributed by atoms with Gasteiger partial charge in [-0.1, -0.05) is 12.1 Å². The quantitative estimate of drug-likeness (QED) is 0.528. The summed E-state index contributed by atoms with van der Waals surface area (Å²) in [4.78, 5) is 37.6. The molecule has 3 aromatic rings. The first-order chi connectivity index (χ1) is 17.9. The van der Waals surface area contributed by atoms with Gasteiger partial charge in [-0.15, -0.1) is 0 Å². The molecule has 0 unspecified atom stereocenters. The summed E-state index contributed by atoms with van der Waals surface area (Å²) in [5.74, 6) is 0.461. The number of fused-ring (bicyclic) bond motifs is 1. The zero-order chi connectivity index (χ0) is 25.9. The molecule has 4 heterocycles. The number of aliphatic imine (C=N–C) groups is 1. The van der Waals surface area contributed by atoms with Crippen molar-refractivity contribution in [2.45, 2.75) is 19.5 Å². The number of aryl methyl sites for hydroxylation is 1. The van der Waals surface area contributed by atoms with Crippen molar-refractivity contribution in [3.05, 3.63) is 70.7 Å². The van der Waals surface area contributed by atoms with Crippen LogP contribution in [-0.4, -0.2) is 71.3 Å². The molecule has 2 N–H and O–H groups in total. The summed E-state index contributed by atoms with van der Waals surface area (Å²) in [6.07, 6.45) is 2.34. The van der Waals surface area contributed by atoms with Crippen molar-refractivity contribution in [3.8, 4) is 0 Å². The Bertz CT molecular complexity index is 1330. The van der Waals surface area contributed by atoms with Crippen LogP contribution in [0.3, 0.4) is 0 Å². The van der Waals surface area contributed by atoms with Gasteiger partial charge in [0.05, 0.1) is 12.1 Å². The molecule has 0 spiro atoms. The molecule has 0 atom stereocenters. The van der Waals surface area contributed by atoms with Crippen molar-refractivity contribution in [3.63, 3.8) is 0 Å². The van der Waals surface area contributed by atoms with Gasteiger partial charge in [-0.3, -0.25) is 14.3 Å². The maximum absolute atomic E-state index is 13.1. The third kappa shape index (κ3) is 5.25. The van der Waals surface area contributed by atoms with Crippen LogP contribution in [0, 0.1) is 0 Å². The van der Waals surface area contributed by atoms with Crippen LogP contribution in [0.4, 0.5) is 11.5 Å². The molecular weight excluding hydrogens is 472 g/mol. The summed E-state index contributed by atoms with van der Waals surface area (Å²) in [6, 6.07) is 11.9. The van der Waals surface area contributed by atoms with Gasteiger partial charge in [0.15, 0.2) is 5.69 Å². The predicted molar refractivity (Wildman–Crippen MR) is 140 cm³/mol. The van der Waals surface area contributed by atoms with Gasteiger partial charge in [-0.25, -0.2) is 9.98 Å². The van der Waals surface area contributed by atoms with E-state index in [1.807, 2.05) is 37.4 Å². The van der Waals surface area contributed by atoms with Crippen LogP contribution >= 0.6 is 0 Å². The van der Waals surface area contributed by atoms with E-state index in [1.54, 1.807) is 31.0 Å². The van der Waals surface area contributed by atoms with Crippen LogP contribution in [0.15, 0.2) is 47.6 Å². The number of benzene rings is 1. The number of hydrogen-bond donors (Lipinski definition) is 2. The van der Waals surface area contributed by atoms with E-state index in [1.165, 1.54) is 4.90 Å². The highest BCUT2D eigenvalue weighted by Gasteiger charge is 2.28. The van der Waals surface area contributed by atoms with E-state index in [9.17, 15) is 9.59 Å². The van der Waals surface area contributed by atoms with E-state index in [0.717, 1.165) is 41.3 Å². The zero-order valence-corrected chi connectivity index (χ0v) is 21.2. The molecule has 0 radical (unpaired) electrons. The van der Waals surface area contributed by atoms with Crippen LogP contribution in [0.5, 0.6) is 0 Å². The normalized spacial score (nSPS) is 14.5. The molecule has 2 aromatic heterocycles. The molecular formula is C26H30N8O3. The van der Waals surface area contributed by atoms with Gasteiger partial charge < -0.3 is 25.2 Å². The summed E-state index contributed by atoms with van der Waals surface area (Å²) in [7, 11) is 5.30. The number of aromatic nitrogens is 3. The van der Waals surface area contributed by atoms with Crippen LogP contribution in [0.2, 0.25) is 0 Å². The summed E-state index contributed by atoms with van der Waals surface area (Å²) in [5.41, 5.74) is 4.76. The molecule has 192 valence electrons. The lowest BCUT2D eigenvalue weighted by molar-refractivity contribution is 0.0826. The zero-order valence-electron chi connectivity index (χ0n) is 21.2. The number of amides is 2. The molecule has 5 rings (SSSR count). The first-order valence-electron chi connectivity index (χ1n) is 12.2. The lowest BCUT2D eigenvalue weighted by Gasteiger charge is -2.28. The molecule has 0 fully saturated rings. The smallest absolute Gasteiger partial charge is 0.289 e. The maximum Gasteiger partial charge on any atom is 0.289 e. The standard InChI is InChI=1S/C26H30N8O3/c1-32(2)25(36)18-6-9-22(28-15-18)34-12-10-21-20(16-34)23(31-33(21)3)24(35)29-14-17-4-7-19(8-5-17)30-26-27-11-13-37-26/h4-9,15H,10-14,16H2,1-3H3,(H,27,30)(H,29,35). The van der Waals surface area contributed by atoms with E-state index >= 15 is 0 Å². The van der Waals surface area contributed by atoms with Crippen LogP contribution in [-0.2, 0) is 31.3 Å². The number of pyridine rings is 1. The van der Waals surface area contributed by atoms with Crippen molar-refractivity contribution in [1.82, 2.24) is 25.0 Å². The van der Waals surface area contributed by atoms with E-state index in [2.05, 4.69) is 30.6 Å². The Kier molecular flexibility index (Phi) is 6.76. The van der Waals surface area contributed by atoms with Crippen LogP contribution in [0.25, 0.3) is 0 Å². The molecule has 0 bridgehead atoms. The molecule has 11 nitrogen and oxygen atoms in total. The molecule has 2 aliphatic rings. The number of hydrogen-bond acceptors (Lipinski definition) is 8. The largest absolute Gasteiger partial charge is 0.463 e. The van der Waals surface area contributed by atoms with Gasteiger partial charge in [0.25, 0.3) is 17.8 Å². The lowest BCUT2D eigenvalue weighted by Crippen LogP contribution is -2.33. The SMILES string of the molecule is CN(C)C(=O)c1ccc(N2CCc3c(c(C(=O)NCc4ccc(NC5=NCCO5)cc4)nn3C)C2)nc1. The van der Waals surface area contributed by atoms with Crippen molar-refractivity contribution in [2.75, 3.05) is 44.0 Å². The van der Waals surface area contributed by atoms with E-state index in [4.69, 9.17) is 4.74 Å². The highest BCUT2D eigenvalue weighted by molar-refractivity contribution is 5.95. The first kappa shape index (κ1) is 24.3. The van der Waals surface area contributed by atoms with Crippen molar-refractivity contribution >= 4 is 29.3 Å². The number of ether oxygens (including phenoxy) is 1. The second kappa shape index (κ2) is 10.3. The van der Waals surface area contributed by atoms with Crippen molar-refractivity contribution < 1.29 is 14.3 Å². The molecule has 37 heavy (non-hydrogen) atoms. The van der Waals surface area contributed by atoms with E-state index in [0.29, 0.717) is 43.5 Å². The van der Waals surface area contributed by atoms with Gasteiger partial charge in [0, 0.05) is 70.3 Å². The number of amidine groups is 1. The summed E-state index contributed by atoms with van der Waals surface area (Å²) >= 11 is 0. The fraction of sp³-hybridized carbons (Fsp3) is 0.346. The third-order valence-corrected chi connectivity index (χ3v) is 6.43. The van der Waals surface area contributed by atoms with Crippen molar-refractivity contribution in [1.29, 1.82) is 0 Å². The number of anilines is 2. The van der Waals surface area contributed by atoms with Crippen molar-refractivity contribution in [2.24, 2.45) is 12.0 Å². The van der Waals surface area contributed by atoms with Crippen LogP contribution in [0.1, 0.15) is 37.7 Å². The first-order valence-corrected chi connectivity index (χ1v) is 12.2. The average molecular weight is 503 g/mol. The average Bonchev–Trinajstić information content (AvgIpc) is 3.55. The summed E-state index contributed by atoms with van der Waals surface area (Å²) in [6.45, 7) is 2.92. The molecule has 0 saturated heterocycles. The molecule has 2 amide bonds. The molecule has 0 aliphatic carbocycles. The minimum atomic E-state index is -0.213. The molecule has 2 aliphatic heterocycles. The fourth-order valence-corrected chi connectivity index (χ4v) is 4.43. The highest BCUT2D eigenvalue weighted by Crippen LogP contribution is 2.26. The minimum absolute atomic E-state index is 0.0886. The number of nitrogens with one attached hydrogen (secondary N) is 2. The lowest BCUT2D eigenvalue weighted by atomic mass is 10.0. The van der Waals surface area contributed by atoms with Crippen LogP contribution < -0.4 is 15.5 Å². The Morgan fingerprint density at radius 3 is 2.62 bits per heavy atom. The maximum atomic E-state index is 13.1. The minimum Gasteiger partial charge on any atom is -0.463 e. The van der Waals surface area contributed by atoms with Gasteiger partial charge in [-0.05, 0) is 29.8 Å². The topological polar surface area (TPSA) is 117 Å². The van der Waals surface area contributed by atoms with Gasteiger partial charge in [-0.2, -0.15) is 5.10 Å². The molecule has 11 heteroatoms. The second-order valence-corrected chi connectivity index (χ2v) is 9.21. The predicted octanol–water partition coefficient (Wildman–Crippen LogP) is 1.81. The van der Waals surface area contributed by atoms with E-state index in [-0.39, 0.29) is 11.8 Å². The molecule has 1 aromatic carbocycles. The number of rotatable bonds is 6. The monoisotopic (exact) mass is 502 g/mol. The Balaban J connectivity index is 1.24. The highest BCUT2D eigenvalue weighted by atomic mass is 16.5. The Hall–Kier alpha value is -4.41.